The third-order valence-corrected chi connectivity index (χ3v) is 2.05. The Morgan fingerprint density at radius 2 is 2.07 bits per heavy atom. The number of benzene rings is 1. The van der Waals surface area contributed by atoms with E-state index < -0.39 is 0 Å². The molecule has 0 heterocycles. The predicted octanol–water partition coefficient (Wildman–Crippen LogP) is 2.17. The van der Waals surface area contributed by atoms with E-state index in [1.165, 1.54) is 5.56 Å². The van der Waals surface area contributed by atoms with Crippen LogP contribution in [0.4, 0.5) is 0 Å². The van der Waals surface area contributed by atoms with E-state index in [4.69, 9.17) is 9.47 Å². The Bertz CT molecular complexity index is 276. The summed E-state index contributed by atoms with van der Waals surface area (Å²) >= 11 is 0. The average molecular weight is 209 g/mol. The van der Waals surface area contributed by atoms with E-state index in [2.05, 4.69) is 18.3 Å². The number of hydrogen-bond acceptors (Lipinski definition) is 3. The normalized spacial score (nSPS) is 10.3. The quantitative estimate of drug-likeness (QED) is 0.551. The van der Waals surface area contributed by atoms with Gasteiger partial charge in [0.1, 0.15) is 5.75 Å². The molecule has 0 radical (unpaired) electrons. The molecule has 0 aromatic heterocycles. The van der Waals surface area contributed by atoms with Gasteiger partial charge in [-0.3, -0.25) is 0 Å². The van der Waals surface area contributed by atoms with Crippen LogP contribution in [0.2, 0.25) is 0 Å². The Morgan fingerprint density at radius 1 is 1.27 bits per heavy atom. The topological polar surface area (TPSA) is 30.5 Å². The van der Waals surface area contributed by atoms with Gasteiger partial charge in [0, 0.05) is 19.2 Å². The second kappa shape index (κ2) is 7.26. The van der Waals surface area contributed by atoms with Crippen LogP contribution in [0.5, 0.6) is 5.75 Å². The molecule has 15 heavy (non-hydrogen) atoms. The molecule has 1 rings (SSSR count). The summed E-state index contributed by atoms with van der Waals surface area (Å²) in [5, 5.41) is 3.35. The lowest BCUT2D eigenvalue weighted by Crippen LogP contribution is -2.14. The Labute approximate surface area is 91.4 Å². The second-order valence-corrected chi connectivity index (χ2v) is 3.34. The lowest BCUT2D eigenvalue weighted by molar-refractivity contribution is 0.0503. The minimum atomic E-state index is 0.296. The summed E-state index contributed by atoms with van der Waals surface area (Å²) in [6, 6.07) is 8.01. The largest absolute Gasteiger partial charge is 0.467 e. The van der Waals surface area contributed by atoms with E-state index in [1.807, 2.05) is 18.2 Å². The first-order valence-corrected chi connectivity index (χ1v) is 5.28. The van der Waals surface area contributed by atoms with Crippen molar-refractivity contribution < 1.29 is 9.47 Å². The van der Waals surface area contributed by atoms with Gasteiger partial charge in [0.25, 0.3) is 0 Å². The van der Waals surface area contributed by atoms with Gasteiger partial charge in [-0.2, -0.15) is 0 Å². The number of hydrogen-bond donors (Lipinski definition) is 1. The fraction of sp³-hybridized carbons (Fsp3) is 0.500. The van der Waals surface area contributed by atoms with Gasteiger partial charge in [0.05, 0.1) is 0 Å². The van der Waals surface area contributed by atoms with Crippen molar-refractivity contribution >= 4 is 0 Å². The third-order valence-electron chi connectivity index (χ3n) is 2.05. The minimum Gasteiger partial charge on any atom is -0.467 e. The molecule has 0 atom stereocenters. The zero-order chi connectivity index (χ0) is 10.9. The number of rotatable bonds is 7. The smallest absolute Gasteiger partial charge is 0.188 e. The van der Waals surface area contributed by atoms with Crippen LogP contribution in [0, 0.1) is 0 Å². The van der Waals surface area contributed by atoms with Crippen LogP contribution in [0.3, 0.4) is 0 Å². The fourth-order valence-electron chi connectivity index (χ4n) is 1.31. The van der Waals surface area contributed by atoms with E-state index in [0.29, 0.717) is 6.79 Å². The van der Waals surface area contributed by atoms with Crippen LogP contribution in [0.15, 0.2) is 24.3 Å². The molecule has 0 saturated heterocycles. The molecule has 0 amide bonds. The molecule has 1 N–H and O–H groups in total. The molecule has 0 fully saturated rings. The Balaban J connectivity index is 2.52. The molecule has 84 valence electrons. The molecule has 0 aliphatic heterocycles. The first kappa shape index (κ1) is 12.0. The number of nitrogens with one attached hydrogen (secondary N) is 1. The van der Waals surface area contributed by atoms with Crippen molar-refractivity contribution in [3.63, 3.8) is 0 Å². The molecule has 3 nitrogen and oxygen atoms in total. The SMILES string of the molecule is CCCNCc1ccccc1OCOC. The van der Waals surface area contributed by atoms with Crippen molar-refractivity contribution in [1.29, 1.82) is 0 Å². The summed E-state index contributed by atoms with van der Waals surface area (Å²) in [7, 11) is 1.62. The molecule has 0 spiro atoms. The summed E-state index contributed by atoms with van der Waals surface area (Å²) in [6.45, 7) is 4.32. The molecule has 1 aromatic rings. The van der Waals surface area contributed by atoms with Crippen molar-refractivity contribution in [3.8, 4) is 5.75 Å². The molecule has 0 aliphatic carbocycles. The maximum atomic E-state index is 5.45. The highest BCUT2D eigenvalue weighted by atomic mass is 16.7. The highest BCUT2D eigenvalue weighted by Gasteiger charge is 2.01. The van der Waals surface area contributed by atoms with E-state index in [0.717, 1.165) is 25.3 Å². The molecule has 0 saturated carbocycles. The van der Waals surface area contributed by atoms with Gasteiger partial charge >= 0.3 is 0 Å². The van der Waals surface area contributed by atoms with Gasteiger partial charge in [0.15, 0.2) is 6.79 Å². The summed E-state index contributed by atoms with van der Waals surface area (Å²) in [4.78, 5) is 0. The fourth-order valence-corrected chi connectivity index (χ4v) is 1.31. The minimum absolute atomic E-state index is 0.296. The monoisotopic (exact) mass is 209 g/mol. The van der Waals surface area contributed by atoms with Gasteiger partial charge in [-0.05, 0) is 19.0 Å². The van der Waals surface area contributed by atoms with Crippen molar-refractivity contribution in [2.24, 2.45) is 0 Å². The molecular formula is C12H19NO2. The van der Waals surface area contributed by atoms with E-state index in [-0.39, 0.29) is 0 Å². The van der Waals surface area contributed by atoms with Gasteiger partial charge in [-0.15, -0.1) is 0 Å². The molecule has 0 unspecified atom stereocenters. The summed E-state index contributed by atoms with van der Waals surface area (Å²) in [5.41, 5.74) is 1.17. The zero-order valence-corrected chi connectivity index (χ0v) is 9.45. The van der Waals surface area contributed by atoms with Crippen molar-refractivity contribution in [3.05, 3.63) is 29.8 Å². The maximum Gasteiger partial charge on any atom is 0.188 e. The second-order valence-electron chi connectivity index (χ2n) is 3.34. The van der Waals surface area contributed by atoms with Crippen LogP contribution >= 0.6 is 0 Å². The van der Waals surface area contributed by atoms with Crippen LogP contribution < -0.4 is 10.1 Å². The number of para-hydroxylation sites is 1. The van der Waals surface area contributed by atoms with Crippen molar-refractivity contribution in [2.45, 2.75) is 19.9 Å². The highest BCUT2D eigenvalue weighted by Crippen LogP contribution is 2.17. The van der Waals surface area contributed by atoms with E-state index >= 15 is 0 Å². The first-order chi connectivity index (χ1) is 7.38. The van der Waals surface area contributed by atoms with Gasteiger partial charge in [0.2, 0.25) is 0 Å². The van der Waals surface area contributed by atoms with E-state index in [1.54, 1.807) is 7.11 Å². The highest BCUT2D eigenvalue weighted by molar-refractivity contribution is 5.33. The molecule has 1 aromatic carbocycles. The lowest BCUT2D eigenvalue weighted by Gasteiger charge is -2.10. The standard InChI is InChI=1S/C12H19NO2/c1-3-8-13-9-11-6-4-5-7-12(11)15-10-14-2/h4-7,13H,3,8-10H2,1-2H3. The van der Waals surface area contributed by atoms with Crippen LogP contribution in [0.25, 0.3) is 0 Å². The van der Waals surface area contributed by atoms with E-state index in [9.17, 15) is 0 Å². The van der Waals surface area contributed by atoms with Crippen molar-refractivity contribution in [1.82, 2.24) is 5.32 Å². The average Bonchev–Trinajstić information content (AvgIpc) is 2.28. The predicted molar refractivity (Wildman–Crippen MR) is 60.9 cm³/mol. The van der Waals surface area contributed by atoms with Gasteiger partial charge in [-0.25, -0.2) is 0 Å². The summed E-state index contributed by atoms with van der Waals surface area (Å²) in [5.74, 6) is 0.892. The molecule has 0 bridgehead atoms. The number of methoxy groups -OCH3 is 1. The van der Waals surface area contributed by atoms with Gasteiger partial charge < -0.3 is 14.8 Å². The Kier molecular flexibility index (Phi) is 5.81. The van der Waals surface area contributed by atoms with Gasteiger partial charge in [-0.1, -0.05) is 25.1 Å². The van der Waals surface area contributed by atoms with Crippen LogP contribution in [-0.2, 0) is 11.3 Å². The number of ether oxygens (including phenoxy) is 2. The maximum absolute atomic E-state index is 5.45. The Hall–Kier alpha value is -1.06. The molecule has 3 heteroatoms. The zero-order valence-electron chi connectivity index (χ0n) is 9.45. The summed E-state index contributed by atoms with van der Waals surface area (Å²) < 4.78 is 10.3. The molecular weight excluding hydrogens is 190 g/mol. The first-order valence-electron chi connectivity index (χ1n) is 5.28. The Morgan fingerprint density at radius 3 is 2.80 bits per heavy atom. The van der Waals surface area contributed by atoms with Crippen LogP contribution in [0.1, 0.15) is 18.9 Å². The summed E-state index contributed by atoms with van der Waals surface area (Å²) in [6.07, 6.45) is 1.14. The van der Waals surface area contributed by atoms with Crippen molar-refractivity contribution in [2.75, 3.05) is 20.4 Å². The van der Waals surface area contributed by atoms with Crippen LogP contribution in [-0.4, -0.2) is 20.4 Å². The lowest BCUT2D eigenvalue weighted by atomic mass is 10.2. The molecule has 0 aliphatic rings. The third kappa shape index (κ3) is 4.32.